The van der Waals surface area contributed by atoms with Crippen molar-refractivity contribution in [3.05, 3.63) is 0 Å². The standard InChI is InChI=1S/C16H30O3/c1-12(2)13(3)9-7-6-8-10-14(4)16(18)11-19-15(5)17/h12-14H,6-11H2,1-5H3. The zero-order chi connectivity index (χ0) is 14.8. The number of rotatable bonds is 10. The summed E-state index contributed by atoms with van der Waals surface area (Å²) in [6.07, 6.45) is 5.67. The SMILES string of the molecule is CC(=O)OCC(=O)C(C)CCCCCC(C)C(C)C. The van der Waals surface area contributed by atoms with Crippen molar-refractivity contribution in [1.82, 2.24) is 0 Å². The zero-order valence-electron chi connectivity index (χ0n) is 13.2. The number of unbranched alkanes of at least 4 members (excludes halogenated alkanes) is 2. The Morgan fingerprint density at radius 1 is 0.947 bits per heavy atom. The lowest BCUT2D eigenvalue weighted by Crippen LogP contribution is -2.19. The molecule has 0 aliphatic heterocycles. The van der Waals surface area contributed by atoms with E-state index in [2.05, 4.69) is 20.8 Å². The van der Waals surface area contributed by atoms with Crippen molar-refractivity contribution in [3.63, 3.8) is 0 Å². The van der Waals surface area contributed by atoms with E-state index in [0.29, 0.717) is 0 Å². The Labute approximate surface area is 118 Å². The highest BCUT2D eigenvalue weighted by Crippen LogP contribution is 2.19. The fourth-order valence-corrected chi connectivity index (χ4v) is 1.90. The van der Waals surface area contributed by atoms with Gasteiger partial charge in [-0.2, -0.15) is 0 Å². The van der Waals surface area contributed by atoms with E-state index < -0.39 is 0 Å². The third-order valence-electron chi connectivity index (χ3n) is 3.90. The number of hydrogen-bond donors (Lipinski definition) is 0. The van der Waals surface area contributed by atoms with Gasteiger partial charge in [0.2, 0.25) is 0 Å². The van der Waals surface area contributed by atoms with E-state index in [-0.39, 0.29) is 24.3 Å². The van der Waals surface area contributed by atoms with Crippen LogP contribution in [0.15, 0.2) is 0 Å². The van der Waals surface area contributed by atoms with Gasteiger partial charge in [0, 0.05) is 12.8 Å². The van der Waals surface area contributed by atoms with Crippen LogP contribution in [0.3, 0.4) is 0 Å². The molecular formula is C16H30O3. The summed E-state index contributed by atoms with van der Waals surface area (Å²) in [5.41, 5.74) is 0. The maximum atomic E-state index is 11.6. The normalized spacial score (nSPS) is 14.2. The van der Waals surface area contributed by atoms with E-state index >= 15 is 0 Å². The molecule has 0 amide bonds. The minimum Gasteiger partial charge on any atom is -0.458 e. The molecule has 0 aromatic heterocycles. The number of Topliss-reactive ketones (excluding diaryl/α,β-unsaturated/α-hetero) is 1. The first-order valence-electron chi connectivity index (χ1n) is 7.50. The Morgan fingerprint density at radius 2 is 1.53 bits per heavy atom. The molecule has 0 spiro atoms. The first-order valence-corrected chi connectivity index (χ1v) is 7.50. The maximum absolute atomic E-state index is 11.6. The highest BCUT2D eigenvalue weighted by Gasteiger charge is 2.14. The van der Waals surface area contributed by atoms with E-state index in [1.807, 2.05) is 6.92 Å². The van der Waals surface area contributed by atoms with Gasteiger partial charge in [-0.3, -0.25) is 9.59 Å². The molecule has 0 heterocycles. The molecule has 0 rings (SSSR count). The highest BCUT2D eigenvalue weighted by molar-refractivity contribution is 5.83. The van der Waals surface area contributed by atoms with E-state index in [4.69, 9.17) is 4.74 Å². The number of ether oxygens (including phenoxy) is 1. The number of carbonyl (C=O) groups excluding carboxylic acids is 2. The van der Waals surface area contributed by atoms with Crippen molar-refractivity contribution in [2.24, 2.45) is 17.8 Å². The fourth-order valence-electron chi connectivity index (χ4n) is 1.90. The molecule has 112 valence electrons. The van der Waals surface area contributed by atoms with Gasteiger partial charge in [-0.05, 0) is 18.3 Å². The molecular weight excluding hydrogens is 240 g/mol. The minimum absolute atomic E-state index is 0.00173. The average Bonchev–Trinajstić information content (AvgIpc) is 2.34. The van der Waals surface area contributed by atoms with Gasteiger partial charge in [-0.25, -0.2) is 0 Å². The number of carbonyl (C=O) groups is 2. The van der Waals surface area contributed by atoms with Gasteiger partial charge in [0.15, 0.2) is 5.78 Å². The van der Waals surface area contributed by atoms with E-state index in [1.165, 1.54) is 26.2 Å². The quantitative estimate of drug-likeness (QED) is 0.445. The summed E-state index contributed by atoms with van der Waals surface area (Å²) in [6.45, 7) is 10.0. The molecule has 0 fully saturated rings. The first kappa shape index (κ1) is 18.1. The molecule has 19 heavy (non-hydrogen) atoms. The van der Waals surface area contributed by atoms with Crippen LogP contribution in [0.25, 0.3) is 0 Å². The molecule has 0 saturated heterocycles. The smallest absolute Gasteiger partial charge is 0.303 e. The average molecular weight is 270 g/mol. The second-order valence-corrected chi connectivity index (χ2v) is 6.01. The Bertz CT molecular complexity index is 271. The second-order valence-electron chi connectivity index (χ2n) is 6.01. The van der Waals surface area contributed by atoms with Crippen molar-refractivity contribution in [3.8, 4) is 0 Å². The lowest BCUT2D eigenvalue weighted by atomic mass is 9.91. The van der Waals surface area contributed by atoms with Crippen LogP contribution in [0.4, 0.5) is 0 Å². The van der Waals surface area contributed by atoms with Crippen LogP contribution in [0.2, 0.25) is 0 Å². The zero-order valence-corrected chi connectivity index (χ0v) is 13.2. The lowest BCUT2D eigenvalue weighted by Gasteiger charge is -2.15. The van der Waals surface area contributed by atoms with E-state index in [9.17, 15) is 9.59 Å². The van der Waals surface area contributed by atoms with Gasteiger partial charge in [-0.15, -0.1) is 0 Å². The summed E-state index contributed by atoms with van der Waals surface area (Å²) in [5.74, 6) is 1.18. The molecule has 0 saturated carbocycles. The molecule has 0 radical (unpaired) electrons. The fraction of sp³-hybridized carbons (Fsp3) is 0.875. The molecule has 0 bridgehead atoms. The Hall–Kier alpha value is -0.860. The molecule has 2 atom stereocenters. The van der Waals surface area contributed by atoms with Gasteiger partial charge in [0.05, 0.1) is 0 Å². The second kappa shape index (κ2) is 9.99. The minimum atomic E-state index is -0.386. The highest BCUT2D eigenvalue weighted by atomic mass is 16.5. The summed E-state index contributed by atoms with van der Waals surface area (Å²) in [7, 11) is 0. The third kappa shape index (κ3) is 9.69. The molecule has 0 aromatic rings. The van der Waals surface area contributed by atoms with Gasteiger partial charge in [-0.1, -0.05) is 53.4 Å². The Morgan fingerprint density at radius 3 is 2.05 bits per heavy atom. The van der Waals surface area contributed by atoms with Crippen LogP contribution in [0.1, 0.15) is 66.7 Å². The monoisotopic (exact) mass is 270 g/mol. The summed E-state index contributed by atoms with van der Waals surface area (Å²) in [5, 5.41) is 0. The lowest BCUT2D eigenvalue weighted by molar-refractivity contribution is -0.146. The summed E-state index contributed by atoms with van der Waals surface area (Å²) in [4.78, 5) is 22.2. The predicted octanol–water partition coefficient (Wildman–Crippen LogP) is 4.00. The van der Waals surface area contributed by atoms with Crippen LogP contribution in [-0.2, 0) is 14.3 Å². The largest absolute Gasteiger partial charge is 0.458 e. The van der Waals surface area contributed by atoms with Crippen molar-refractivity contribution in [2.75, 3.05) is 6.61 Å². The van der Waals surface area contributed by atoms with Gasteiger partial charge < -0.3 is 4.74 Å². The van der Waals surface area contributed by atoms with Crippen LogP contribution in [-0.4, -0.2) is 18.4 Å². The summed E-state index contributed by atoms with van der Waals surface area (Å²) < 4.78 is 4.72. The molecule has 0 aliphatic rings. The number of esters is 1. The van der Waals surface area contributed by atoms with Crippen LogP contribution in [0, 0.1) is 17.8 Å². The van der Waals surface area contributed by atoms with Gasteiger partial charge >= 0.3 is 5.97 Å². The van der Waals surface area contributed by atoms with Crippen molar-refractivity contribution in [1.29, 1.82) is 0 Å². The molecule has 2 unspecified atom stereocenters. The summed E-state index contributed by atoms with van der Waals surface area (Å²) in [6, 6.07) is 0. The molecule has 0 aromatic carbocycles. The van der Waals surface area contributed by atoms with Crippen LogP contribution >= 0.6 is 0 Å². The molecule has 3 heteroatoms. The topological polar surface area (TPSA) is 43.4 Å². The summed E-state index contributed by atoms with van der Waals surface area (Å²) >= 11 is 0. The molecule has 0 aliphatic carbocycles. The predicted molar refractivity (Wildman–Crippen MR) is 77.9 cm³/mol. The Balaban J connectivity index is 3.60. The number of hydrogen-bond acceptors (Lipinski definition) is 3. The van der Waals surface area contributed by atoms with Crippen molar-refractivity contribution >= 4 is 11.8 Å². The Kier molecular flexibility index (Phi) is 9.54. The van der Waals surface area contributed by atoms with Crippen molar-refractivity contribution in [2.45, 2.75) is 66.7 Å². The van der Waals surface area contributed by atoms with E-state index in [1.54, 1.807) is 0 Å². The van der Waals surface area contributed by atoms with Crippen molar-refractivity contribution < 1.29 is 14.3 Å². The van der Waals surface area contributed by atoms with Gasteiger partial charge in [0.25, 0.3) is 0 Å². The third-order valence-corrected chi connectivity index (χ3v) is 3.90. The van der Waals surface area contributed by atoms with E-state index in [0.717, 1.165) is 24.7 Å². The molecule has 0 N–H and O–H groups in total. The first-order chi connectivity index (χ1) is 8.84. The van der Waals surface area contributed by atoms with Crippen LogP contribution < -0.4 is 0 Å². The number of ketones is 1. The maximum Gasteiger partial charge on any atom is 0.303 e. The van der Waals surface area contributed by atoms with Crippen LogP contribution in [0.5, 0.6) is 0 Å². The molecule has 3 nitrogen and oxygen atoms in total. The van der Waals surface area contributed by atoms with Gasteiger partial charge in [0.1, 0.15) is 6.61 Å².